The molecule has 2 nitrogen and oxygen atoms in total. The maximum atomic E-state index is 10.1. The van der Waals surface area contributed by atoms with Crippen LogP contribution in [0.4, 0.5) is 0 Å². The van der Waals surface area contributed by atoms with Crippen molar-refractivity contribution in [1.29, 1.82) is 0 Å². The molecule has 0 N–H and O–H groups in total. The summed E-state index contributed by atoms with van der Waals surface area (Å²) in [5.74, 6) is 0. The van der Waals surface area contributed by atoms with Crippen molar-refractivity contribution in [2.75, 3.05) is 6.61 Å². The van der Waals surface area contributed by atoms with E-state index in [0.717, 1.165) is 0 Å². The highest BCUT2D eigenvalue weighted by Gasteiger charge is 1.94. The Kier molecular flexibility index (Phi) is 2.00. The van der Waals surface area contributed by atoms with E-state index in [4.69, 9.17) is 4.18 Å². The van der Waals surface area contributed by atoms with E-state index < -0.39 is 0 Å². The second kappa shape index (κ2) is 2.79. The van der Waals surface area contributed by atoms with E-state index in [9.17, 15) is 5.11 Å². The Balaban J connectivity index is 2.51. The van der Waals surface area contributed by atoms with E-state index >= 15 is 0 Å². The van der Waals surface area contributed by atoms with Crippen LogP contribution in [0.25, 0.3) is 0 Å². The average molecular weight is 129 g/mol. The first-order chi connectivity index (χ1) is 3.93. The van der Waals surface area contributed by atoms with Crippen molar-refractivity contribution in [3.05, 3.63) is 23.3 Å². The Bertz CT molecular complexity index is 128. The zero-order valence-corrected chi connectivity index (χ0v) is 4.98. The smallest absolute Gasteiger partial charge is 0.110 e. The fraction of sp³-hybridized carbons (Fsp3) is 0.200. The molecule has 0 bridgehead atoms. The van der Waals surface area contributed by atoms with E-state index in [1.165, 1.54) is 18.3 Å². The van der Waals surface area contributed by atoms with Gasteiger partial charge in [0.15, 0.2) is 0 Å². The van der Waals surface area contributed by atoms with Crippen molar-refractivity contribution >= 4 is 12.0 Å². The van der Waals surface area contributed by atoms with Crippen LogP contribution in [0.1, 0.15) is 0 Å². The summed E-state index contributed by atoms with van der Waals surface area (Å²) in [5.41, 5.74) is 0.698. The van der Waals surface area contributed by atoms with Crippen molar-refractivity contribution in [3.8, 4) is 0 Å². The van der Waals surface area contributed by atoms with E-state index in [-0.39, 0.29) is 6.61 Å². The van der Waals surface area contributed by atoms with E-state index in [1.807, 2.05) is 0 Å². The SMILES string of the molecule is [O]CC1=COSC=C1. The quantitative estimate of drug-likeness (QED) is 0.502. The molecule has 0 saturated carbocycles. The van der Waals surface area contributed by atoms with Gasteiger partial charge in [-0.2, -0.15) is 0 Å². The predicted octanol–water partition coefficient (Wildman–Crippen LogP) is 1.49. The zero-order chi connectivity index (χ0) is 5.82. The van der Waals surface area contributed by atoms with Gasteiger partial charge in [0.05, 0.1) is 12.0 Å². The maximum Gasteiger partial charge on any atom is 0.110 e. The molecule has 0 spiro atoms. The van der Waals surface area contributed by atoms with Gasteiger partial charge < -0.3 is 4.18 Å². The second-order valence-electron chi connectivity index (χ2n) is 1.33. The molecule has 0 atom stereocenters. The third-order valence-corrected chi connectivity index (χ3v) is 1.21. The van der Waals surface area contributed by atoms with Crippen LogP contribution in [0.5, 0.6) is 0 Å². The minimum absolute atomic E-state index is 0.197. The summed E-state index contributed by atoms with van der Waals surface area (Å²) in [4.78, 5) is 0. The third-order valence-electron chi connectivity index (χ3n) is 0.759. The molecule has 3 heteroatoms. The predicted molar refractivity (Wildman–Crippen MR) is 31.5 cm³/mol. The minimum Gasteiger partial charge on any atom is -0.429 e. The molecule has 0 saturated heterocycles. The summed E-state index contributed by atoms with van der Waals surface area (Å²) in [6.07, 6.45) is 3.22. The highest BCUT2D eigenvalue weighted by Crippen LogP contribution is 2.14. The van der Waals surface area contributed by atoms with Gasteiger partial charge >= 0.3 is 0 Å². The van der Waals surface area contributed by atoms with Crippen molar-refractivity contribution in [2.24, 2.45) is 0 Å². The summed E-state index contributed by atoms with van der Waals surface area (Å²) < 4.78 is 4.74. The lowest BCUT2D eigenvalue weighted by atomic mass is 10.3. The van der Waals surface area contributed by atoms with Gasteiger partial charge in [0.1, 0.15) is 12.9 Å². The van der Waals surface area contributed by atoms with Crippen molar-refractivity contribution < 1.29 is 9.29 Å². The van der Waals surface area contributed by atoms with Crippen LogP contribution in [-0.4, -0.2) is 6.61 Å². The zero-order valence-electron chi connectivity index (χ0n) is 4.16. The molecule has 0 aromatic rings. The number of hydrogen-bond donors (Lipinski definition) is 0. The fourth-order valence-corrected chi connectivity index (χ4v) is 0.832. The monoisotopic (exact) mass is 129 g/mol. The standard InChI is InChI=1S/C5H5O2S/c6-3-5-1-2-8-7-4-5/h1-2,4H,3H2. The number of hydrogen-bond acceptors (Lipinski definition) is 2. The van der Waals surface area contributed by atoms with Gasteiger partial charge in [0.2, 0.25) is 0 Å². The summed E-state index contributed by atoms with van der Waals surface area (Å²) in [6.45, 7) is -0.197. The second-order valence-corrected chi connectivity index (χ2v) is 1.99. The Hall–Kier alpha value is -0.410. The summed E-state index contributed by atoms with van der Waals surface area (Å²) in [6, 6.07) is 0. The van der Waals surface area contributed by atoms with Crippen molar-refractivity contribution in [1.82, 2.24) is 0 Å². The average Bonchev–Trinajstić information content (AvgIpc) is 1.90. The molecular weight excluding hydrogens is 124 g/mol. The molecule has 0 unspecified atom stereocenters. The molecule has 0 amide bonds. The van der Waals surface area contributed by atoms with Gasteiger partial charge in [-0.05, 0) is 6.08 Å². The topological polar surface area (TPSA) is 29.1 Å². The van der Waals surface area contributed by atoms with Crippen LogP contribution in [-0.2, 0) is 9.29 Å². The molecule has 43 valence electrons. The summed E-state index contributed by atoms with van der Waals surface area (Å²) in [5, 5.41) is 11.8. The van der Waals surface area contributed by atoms with Gasteiger partial charge in [0, 0.05) is 11.0 Å². The number of rotatable bonds is 1. The lowest BCUT2D eigenvalue weighted by Crippen LogP contribution is -1.86. The molecule has 8 heavy (non-hydrogen) atoms. The highest BCUT2D eigenvalue weighted by molar-refractivity contribution is 7.97. The van der Waals surface area contributed by atoms with Crippen LogP contribution in [0.3, 0.4) is 0 Å². The van der Waals surface area contributed by atoms with Gasteiger partial charge in [-0.3, -0.25) is 0 Å². The molecule has 1 radical (unpaired) electrons. The molecule has 1 rings (SSSR count). The normalized spacial score (nSPS) is 17.4. The van der Waals surface area contributed by atoms with Crippen molar-refractivity contribution in [3.63, 3.8) is 0 Å². The largest absolute Gasteiger partial charge is 0.429 e. The summed E-state index contributed by atoms with van der Waals surface area (Å²) >= 11 is 1.22. The first-order valence-corrected chi connectivity index (χ1v) is 3.00. The first kappa shape index (κ1) is 5.72. The van der Waals surface area contributed by atoms with Crippen LogP contribution >= 0.6 is 12.0 Å². The van der Waals surface area contributed by atoms with Gasteiger partial charge in [-0.15, -0.1) is 0 Å². The van der Waals surface area contributed by atoms with Gasteiger partial charge in [-0.25, -0.2) is 5.11 Å². The van der Waals surface area contributed by atoms with Gasteiger partial charge in [-0.1, -0.05) is 0 Å². The van der Waals surface area contributed by atoms with Crippen LogP contribution in [0, 0.1) is 0 Å². The van der Waals surface area contributed by atoms with E-state index in [2.05, 4.69) is 0 Å². The molecule has 1 heterocycles. The third kappa shape index (κ3) is 1.28. The Morgan fingerprint density at radius 3 is 3.00 bits per heavy atom. The minimum atomic E-state index is -0.197. The highest BCUT2D eigenvalue weighted by atomic mass is 32.2. The molecular formula is C5H5O2S. The van der Waals surface area contributed by atoms with E-state index in [1.54, 1.807) is 11.5 Å². The van der Waals surface area contributed by atoms with Crippen LogP contribution in [0.15, 0.2) is 23.3 Å². The first-order valence-electron chi connectivity index (χ1n) is 2.19. The Morgan fingerprint density at radius 2 is 2.62 bits per heavy atom. The fourth-order valence-electron chi connectivity index (χ4n) is 0.358. The Morgan fingerprint density at radius 1 is 1.75 bits per heavy atom. The van der Waals surface area contributed by atoms with Crippen LogP contribution in [0.2, 0.25) is 0 Å². The lowest BCUT2D eigenvalue weighted by Gasteiger charge is -2.00. The van der Waals surface area contributed by atoms with E-state index in [0.29, 0.717) is 5.57 Å². The molecule has 0 fully saturated rings. The molecule has 1 aliphatic rings. The molecule has 1 aliphatic heterocycles. The van der Waals surface area contributed by atoms with Gasteiger partial charge in [0.25, 0.3) is 0 Å². The molecule has 0 aromatic heterocycles. The molecule has 0 aromatic carbocycles. The Labute approximate surface area is 52.1 Å². The summed E-state index contributed by atoms with van der Waals surface area (Å²) in [7, 11) is 0. The lowest BCUT2D eigenvalue weighted by molar-refractivity contribution is 0.224. The maximum absolute atomic E-state index is 10.1. The van der Waals surface area contributed by atoms with Crippen LogP contribution < -0.4 is 0 Å². The molecule has 0 aliphatic carbocycles. The van der Waals surface area contributed by atoms with Crippen molar-refractivity contribution in [2.45, 2.75) is 0 Å².